The lowest BCUT2D eigenvalue weighted by Gasteiger charge is -2.11. The van der Waals surface area contributed by atoms with Crippen molar-refractivity contribution in [2.75, 3.05) is 0 Å². The Morgan fingerprint density at radius 3 is 2.33 bits per heavy atom. The normalized spacial score (nSPS) is 15.1. The SMILES string of the molecule is N#CC1=C(C#N)NC(c2cccnc2)N1. The van der Waals surface area contributed by atoms with E-state index in [0.717, 1.165) is 5.56 Å². The van der Waals surface area contributed by atoms with E-state index in [4.69, 9.17) is 10.5 Å². The summed E-state index contributed by atoms with van der Waals surface area (Å²) in [5, 5.41) is 23.3. The highest BCUT2D eigenvalue weighted by Crippen LogP contribution is 2.18. The Bertz CT molecular complexity index is 451. The van der Waals surface area contributed by atoms with Crippen molar-refractivity contribution in [3.63, 3.8) is 0 Å². The van der Waals surface area contributed by atoms with Gasteiger partial charge in [-0.1, -0.05) is 6.07 Å². The van der Waals surface area contributed by atoms with Gasteiger partial charge in [-0.15, -0.1) is 0 Å². The minimum absolute atomic E-state index is 0.247. The molecule has 15 heavy (non-hydrogen) atoms. The molecule has 0 saturated carbocycles. The molecule has 5 nitrogen and oxygen atoms in total. The number of pyridine rings is 1. The molecule has 2 N–H and O–H groups in total. The predicted octanol–water partition coefficient (Wildman–Crippen LogP) is 0.532. The fourth-order valence-electron chi connectivity index (χ4n) is 1.36. The first-order valence-corrected chi connectivity index (χ1v) is 4.32. The van der Waals surface area contributed by atoms with E-state index in [9.17, 15) is 0 Å². The van der Waals surface area contributed by atoms with Gasteiger partial charge in [0.15, 0.2) is 0 Å². The van der Waals surface area contributed by atoms with Gasteiger partial charge >= 0.3 is 0 Å². The second-order valence-corrected chi connectivity index (χ2v) is 2.98. The van der Waals surface area contributed by atoms with Crippen molar-refractivity contribution in [3.8, 4) is 12.1 Å². The Labute approximate surface area is 86.7 Å². The number of nitrogens with zero attached hydrogens (tertiary/aromatic N) is 3. The molecule has 5 heteroatoms. The van der Waals surface area contributed by atoms with Gasteiger partial charge in [0.1, 0.15) is 29.7 Å². The third kappa shape index (κ3) is 1.59. The summed E-state index contributed by atoms with van der Waals surface area (Å²) in [6, 6.07) is 7.52. The van der Waals surface area contributed by atoms with E-state index in [1.54, 1.807) is 18.5 Å². The monoisotopic (exact) mass is 197 g/mol. The van der Waals surface area contributed by atoms with Gasteiger partial charge in [0, 0.05) is 18.0 Å². The third-order valence-corrected chi connectivity index (χ3v) is 2.07. The van der Waals surface area contributed by atoms with E-state index >= 15 is 0 Å². The minimum Gasteiger partial charge on any atom is -0.351 e. The van der Waals surface area contributed by atoms with Crippen molar-refractivity contribution in [1.82, 2.24) is 15.6 Å². The molecule has 1 aromatic heterocycles. The number of nitrogens with one attached hydrogen (secondary N) is 2. The Morgan fingerprint density at radius 1 is 1.20 bits per heavy atom. The van der Waals surface area contributed by atoms with Crippen LogP contribution in [0.15, 0.2) is 35.9 Å². The average molecular weight is 197 g/mol. The van der Waals surface area contributed by atoms with Crippen LogP contribution in [0.2, 0.25) is 0 Å². The van der Waals surface area contributed by atoms with Crippen molar-refractivity contribution in [1.29, 1.82) is 10.5 Å². The molecule has 1 aliphatic heterocycles. The molecule has 0 radical (unpaired) electrons. The zero-order valence-corrected chi connectivity index (χ0v) is 7.73. The number of hydrogen-bond acceptors (Lipinski definition) is 5. The number of nitriles is 2. The van der Waals surface area contributed by atoms with Crippen LogP contribution >= 0.6 is 0 Å². The van der Waals surface area contributed by atoms with Crippen molar-refractivity contribution in [2.45, 2.75) is 6.17 Å². The van der Waals surface area contributed by atoms with Crippen LogP contribution in [0.4, 0.5) is 0 Å². The first-order valence-electron chi connectivity index (χ1n) is 4.32. The summed E-state index contributed by atoms with van der Waals surface area (Å²) in [7, 11) is 0. The molecule has 0 saturated heterocycles. The molecule has 72 valence electrons. The molecule has 0 spiro atoms. The van der Waals surface area contributed by atoms with E-state index in [1.807, 2.05) is 18.2 Å². The molecular weight excluding hydrogens is 190 g/mol. The van der Waals surface area contributed by atoms with Gasteiger partial charge in [0.25, 0.3) is 0 Å². The molecule has 1 aromatic rings. The third-order valence-electron chi connectivity index (χ3n) is 2.07. The second kappa shape index (κ2) is 3.69. The highest BCUT2D eigenvalue weighted by molar-refractivity contribution is 5.40. The lowest BCUT2D eigenvalue weighted by atomic mass is 10.2. The summed E-state index contributed by atoms with van der Waals surface area (Å²) in [6.45, 7) is 0. The van der Waals surface area contributed by atoms with Gasteiger partial charge in [0.05, 0.1) is 0 Å². The van der Waals surface area contributed by atoms with Crippen LogP contribution in [0.1, 0.15) is 11.7 Å². The summed E-state index contributed by atoms with van der Waals surface area (Å²) in [5.74, 6) is 0. The maximum atomic E-state index is 8.76. The van der Waals surface area contributed by atoms with Crippen molar-refractivity contribution < 1.29 is 0 Å². The fraction of sp³-hybridized carbons (Fsp3) is 0.100. The molecule has 2 heterocycles. The van der Waals surface area contributed by atoms with Gasteiger partial charge < -0.3 is 10.6 Å². The summed E-state index contributed by atoms with van der Waals surface area (Å²) < 4.78 is 0. The number of rotatable bonds is 1. The highest BCUT2D eigenvalue weighted by atomic mass is 15.2. The minimum atomic E-state index is -0.247. The van der Waals surface area contributed by atoms with Gasteiger partial charge in [-0.25, -0.2) is 0 Å². The van der Waals surface area contributed by atoms with Crippen molar-refractivity contribution in [3.05, 3.63) is 41.5 Å². The lowest BCUT2D eigenvalue weighted by Crippen LogP contribution is -2.23. The maximum Gasteiger partial charge on any atom is 0.150 e. The first kappa shape index (κ1) is 9.04. The summed E-state index contributed by atoms with van der Waals surface area (Å²) in [4.78, 5) is 3.97. The molecule has 0 fully saturated rings. The quantitative estimate of drug-likeness (QED) is 0.686. The zero-order valence-electron chi connectivity index (χ0n) is 7.73. The first-order chi connectivity index (χ1) is 7.35. The molecule has 0 aromatic carbocycles. The van der Waals surface area contributed by atoms with Gasteiger partial charge in [-0.05, 0) is 6.07 Å². The maximum absolute atomic E-state index is 8.76. The largest absolute Gasteiger partial charge is 0.351 e. The standard InChI is InChI=1S/C10H7N5/c11-4-8-9(5-12)15-10(14-8)7-2-1-3-13-6-7/h1-3,6,10,14-15H. The second-order valence-electron chi connectivity index (χ2n) is 2.98. The van der Waals surface area contributed by atoms with E-state index < -0.39 is 0 Å². The average Bonchev–Trinajstić information content (AvgIpc) is 2.73. The smallest absolute Gasteiger partial charge is 0.150 e. The molecule has 0 amide bonds. The topological polar surface area (TPSA) is 84.5 Å². The van der Waals surface area contributed by atoms with Crippen LogP contribution < -0.4 is 10.6 Å². The summed E-state index contributed by atoms with van der Waals surface area (Å²) in [6.07, 6.45) is 3.10. The van der Waals surface area contributed by atoms with Crippen LogP contribution in [-0.2, 0) is 0 Å². The molecule has 0 atom stereocenters. The van der Waals surface area contributed by atoms with E-state index in [1.165, 1.54) is 0 Å². The Hall–Kier alpha value is -2.53. The van der Waals surface area contributed by atoms with Crippen molar-refractivity contribution >= 4 is 0 Å². The number of allylic oxidation sites excluding steroid dienone is 2. The van der Waals surface area contributed by atoms with Crippen LogP contribution in [0, 0.1) is 22.7 Å². The molecule has 0 aliphatic carbocycles. The van der Waals surface area contributed by atoms with Crippen molar-refractivity contribution in [2.24, 2.45) is 0 Å². The Kier molecular flexibility index (Phi) is 2.22. The Balaban J connectivity index is 2.22. The number of aromatic nitrogens is 1. The molecule has 2 rings (SSSR count). The molecule has 1 aliphatic rings. The summed E-state index contributed by atoms with van der Waals surface area (Å²) in [5.41, 5.74) is 1.42. The Morgan fingerprint density at radius 2 is 1.87 bits per heavy atom. The van der Waals surface area contributed by atoms with E-state index in [0.29, 0.717) is 0 Å². The van der Waals surface area contributed by atoms with E-state index in [2.05, 4.69) is 15.6 Å². The lowest BCUT2D eigenvalue weighted by molar-refractivity contribution is 0.592. The van der Waals surface area contributed by atoms with Gasteiger partial charge in [-0.2, -0.15) is 10.5 Å². The van der Waals surface area contributed by atoms with Crippen LogP contribution in [0.5, 0.6) is 0 Å². The van der Waals surface area contributed by atoms with Gasteiger partial charge in [0.2, 0.25) is 0 Å². The highest BCUT2D eigenvalue weighted by Gasteiger charge is 2.23. The predicted molar refractivity (Wildman–Crippen MR) is 51.5 cm³/mol. The van der Waals surface area contributed by atoms with E-state index in [-0.39, 0.29) is 17.6 Å². The molecular formula is C10H7N5. The number of hydrogen-bond donors (Lipinski definition) is 2. The zero-order chi connectivity index (χ0) is 10.7. The van der Waals surface area contributed by atoms with Crippen LogP contribution in [0.3, 0.4) is 0 Å². The molecule has 0 unspecified atom stereocenters. The van der Waals surface area contributed by atoms with Crippen LogP contribution in [0.25, 0.3) is 0 Å². The summed E-state index contributed by atoms with van der Waals surface area (Å²) >= 11 is 0. The van der Waals surface area contributed by atoms with Gasteiger partial charge in [-0.3, -0.25) is 4.98 Å². The fourth-order valence-corrected chi connectivity index (χ4v) is 1.36. The molecule has 0 bridgehead atoms. The van der Waals surface area contributed by atoms with Crippen LogP contribution in [-0.4, -0.2) is 4.98 Å².